The maximum Gasteiger partial charge on any atom is 0.228 e. The first-order chi connectivity index (χ1) is 12.2. The first-order valence-corrected chi connectivity index (χ1v) is 8.38. The van der Waals surface area contributed by atoms with E-state index in [-0.39, 0.29) is 11.7 Å². The first kappa shape index (κ1) is 15.6. The number of hydrogen-bond acceptors (Lipinski definition) is 2. The fraction of sp³-hybridized carbons (Fsp3) is 0.200. The van der Waals surface area contributed by atoms with Gasteiger partial charge in [-0.25, -0.2) is 4.39 Å². The SMILES string of the molecule is O=C(Cc1ccccc1)Nc1c(-c2cccc(F)c2)n[nH]c1C1CC1. The molecule has 4 nitrogen and oxygen atoms in total. The highest BCUT2D eigenvalue weighted by molar-refractivity contribution is 5.96. The van der Waals surface area contributed by atoms with Crippen LogP contribution in [0.3, 0.4) is 0 Å². The Hall–Kier alpha value is -2.95. The lowest BCUT2D eigenvalue weighted by Gasteiger charge is -2.09. The normalized spacial score (nSPS) is 13.6. The van der Waals surface area contributed by atoms with Crippen molar-refractivity contribution in [2.45, 2.75) is 25.2 Å². The zero-order valence-corrected chi connectivity index (χ0v) is 13.6. The molecule has 4 rings (SSSR count). The predicted molar refractivity (Wildman–Crippen MR) is 94.7 cm³/mol. The molecule has 0 radical (unpaired) electrons. The van der Waals surface area contributed by atoms with E-state index in [2.05, 4.69) is 15.5 Å². The monoisotopic (exact) mass is 335 g/mol. The number of benzene rings is 2. The summed E-state index contributed by atoms with van der Waals surface area (Å²) in [7, 11) is 0. The molecule has 0 atom stereocenters. The number of rotatable bonds is 5. The van der Waals surface area contributed by atoms with Crippen LogP contribution in [0.1, 0.15) is 30.0 Å². The van der Waals surface area contributed by atoms with Crippen LogP contribution in [0.25, 0.3) is 11.3 Å². The van der Waals surface area contributed by atoms with E-state index >= 15 is 0 Å². The van der Waals surface area contributed by atoms with Crippen molar-refractivity contribution in [3.05, 3.63) is 71.7 Å². The number of aromatic amines is 1. The number of carbonyl (C=O) groups excluding carboxylic acids is 1. The van der Waals surface area contributed by atoms with Gasteiger partial charge in [-0.05, 0) is 30.5 Å². The van der Waals surface area contributed by atoms with Crippen LogP contribution >= 0.6 is 0 Å². The van der Waals surface area contributed by atoms with E-state index in [9.17, 15) is 9.18 Å². The van der Waals surface area contributed by atoms with Crippen molar-refractivity contribution in [2.24, 2.45) is 0 Å². The second-order valence-electron chi connectivity index (χ2n) is 6.36. The molecular formula is C20H18FN3O. The van der Waals surface area contributed by atoms with E-state index in [0.717, 1.165) is 24.1 Å². The standard InChI is InChI=1S/C20H18FN3O/c21-16-8-4-7-15(12-16)19-20(18(23-24-19)14-9-10-14)22-17(25)11-13-5-2-1-3-6-13/h1-8,12,14H,9-11H2,(H,22,25)(H,23,24). The van der Waals surface area contributed by atoms with E-state index in [4.69, 9.17) is 0 Å². The van der Waals surface area contributed by atoms with Crippen molar-refractivity contribution in [1.29, 1.82) is 0 Å². The number of nitrogens with zero attached hydrogens (tertiary/aromatic N) is 1. The van der Waals surface area contributed by atoms with Crippen LogP contribution in [0.4, 0.5) is 10.1 Å². The molecule has 0 aliphatic heterocycles. The molecule has 1 heterocycles. The molecule has 1 saturated carbocycles. The van der Waals surface area contributed by atoms with Crippen molar-refractivity contribution in [2.75, 3.05) is 5.32 Å². The number of H-pyrrole nitrogens is 1. The van der Waals surface area contributed by atoms with Crippen LogP contribution in [0, 0.1) is 5.82 Å². The topological polar surface area (TPSA) is 57.8 Å². The summed E-state index contributed by atoms with van der Waals surface area (Å²) in [6.45, 7) is 0. The molecule has 1 aromatic heterocycles. The molecule has 0 bridgehead atoms. The second-order valence-corrected chi connectivity index (χ2v) is 6.36. The van der Waals surface area contributed by atoms with Gasteiger partial charge in [-0.2, -0.15) is 5.10 Å². The van der Waals surface area contributed by atoms with Crippen LogP contribution < -0.4 is 5.32 Å². The van der Waals surface area contributed by atoms with Gasteiger partial charge in [0.1, 0.15) is 11.5 Å². The Labute approximate surface area is 145 Å². The van der Waals surface area contributed by atoms with E-state index in [1.165, 1.54) is 12.1 Å². The molecule has 0 unspecified atom stereocenters. The van der Waals surface area contributed by atoms with Gasteiger partial charge in [0.15, 0.2) is 0 Å². The molecule has 25 heavy (non-hydrogen) atoms. The van der Waals surface area contributed by atoms with Crippen molar-refractivity contribution >= 4 is 11.6 Å². The summed E-state index contributed by atoms with van der Waals surface area (Å²) < 4.78 is 13.6. The summed E-state index contributed by atoms with van der Waals surface area (Å²) in [5.41, 5.74) is 3.79. The van der Waals surface area contributed by atoms with Crippen LogP contribution in [0.2, 0.25) is 0 Å². The van der Waals surface area contributed by atoms with Gasteiger partial charge in [0, 0.05) is 11.5 Å². The largest absolute Gasteiger partial charge is 0.322 e. The van der Waals surface area contributed by atoms with E-state index in [1.54, 1.807) is 12.1 Å². The molecule has 126 valence electrons. The van der Waals surface area contributed by atoms with E-state index in [0.29, 0.717) is 29.3 Å². The minimum Gasteiger partial charge on any atom is -0.322 e. The third-order valence-electron chi connectivity index (χ3n) is 4.35. The summed E-state index contributed by atoms with van der Waals surface area (Å²) in [6, 6.07) is 15.8. The summed E-state index contributed by atoms with van der Waals surface area (Å²) >= 11 is 0. The maximum atomic E-state index is 13.6. The summed E-state index contributed by atoms with van der Waals surface area (Å²) in [4.78, 5) is 12.5. The summed E-state index contributed by atoms with van der Waals surface area (Å²) in [5.74, 6) is -0.0379. The minimum absolute atomic E-state index is 0.104. The van der Waals surface area contributed by atoms with Gasteiger partial charge >= 0.3 is 0 Å². The van der Waals surface area contributed by atoms with Gasteiger partial charge in [0.25, 0.3) is 0 Å². The second kappa shape index (κ2) is 6.51. The van der Waals surface area contributed by atoms with Gasteiger partial charge in [0.2, 0.25) is 5.91 Å². The van der Waals surface area contributed by atoms with Crippen molar-refractivity contribution in [3.8, 4) is 11.3 Å². The third-order valence-corrected chi connectivity index (χ3v) is 4.35. The molecule has 0 saturated heterocycles. The van der Waals surface area contributed by atoms with Gasteiger partial charge in [-0.3, -0.25) is 9.89 Å². The lowest BCUT2D eigenvalue weighted by molar-refractivity contribution is -0.115. The number of halogens is 1. The molecule has 1 amide bonds. The molecule has 1 aliphatic carbocycles. The summed E-state index contributed by atoms with van der Waals surface area (Å²) in [5, 5.41) is 10.4. The molecule has 0 spiro atoms. The van der Waals surface area contributed by atoms with Crippen molar-refractivity contribution < 1.29 is 9.18 Å². The highest BCUT2D eigenvalue weighted by Gasteiger charge is 2.31. The molecule has 3 aromatic rings. The van der Waals surface area contributed by atoms with Crippen molar-refractivity contribution in [1.82, 2.24) is 10.2 Å². The Kier molecular flexibility index (Phi) is 4.06. The number of nitrogens with one attached hydrogen (secondary N) is 2. The zero-order chi connectivity index (χ0) is 17.2. The smallest absolute Gasteiger partial charge is 0.228 e. The lowest BCUT2D eigenvalue weighted by atomic mass is 10.1. The average molecular weight is 335 g/mol. The lowest BCUT2D eigenvalue weighted by Crippen LogP contribution is -2.15. The van der Waals surface area contributed by atoms with Gasteiger partial charge < -0.3 is 5.32 Å². The van der Waals surface area contributed by atoms with Gasteiger partial charge in [-0.15, -0.1) is 0 Å². The average Bonchev–Trinajstić information content (AvgIpc) is 3.37. The van der Waals surface area contributed by atoms with Crippen LogP contribution in [0.5, 0.6) is 0 Å². The van der Waals surface area contributed by atoms with E-state index in [1.807, 2.05) is 30.3 Å². The molecule has 1 aliphatic rings. The molecule has 2 N–H and O–H groups in total. The number of amides is 1. The van der Waals surface area contributed by atoms with Crippen LogP contribution in [0.15, 0.2) is 54.6 Å². The maximum absolute atomic E-state index is 13.6. The van der Waals surface area contributed by atoms with Crippen molar-refractivity contribution in [3.63, 3.8) is 0 Å². The zero-order valence-electron chi connectivity index (χ0n) is 13.6. The predicted octanol–water partition coefficient (Wildman–Crippen LogP) is 4.27. The first-order valence-electron chi connectivity index (χ1n) is 8.38. The summed E-state index contributed by atoms with van der Waals surface area (Å²) in [6.07, 6.45) is 2.44. The molecule has 2 aromatic carbocycles. The van der Waals surface area contributed by atoms with Gasteiger partial charge in [-0.1, -0.05) is 42.5 Å². The Balaban J connectivity index is 1.63. The van der Waals surface area contributed by atoms with Crippen LogP contribution in [-0.2, 0) is 11.2 Å². The Morgan fingerprint density at radius 2 is 1.96 bits per heavy atom. The van der Waals surface area contributed by atoms with Gasteiger partial charge in [0.05, 0.1) is 17.8 Å². The van der Waals surface area contributed by atoms with Crippen LogP contribution in [-0.4, -0.2) is 16.1 Å². The fourth-order valence-electron chi connectivity index (χ4n) is 2.96. The number of aromatic nitrogens is 2. The molecule has 1 fully saturated rings. The Morgan fingerprint density at radius 1 is 1.16 bits per heavy atom. The molecule has 5 heteroatoms. The fourth-order valence-corrected chi connectivity index (χ4v) is 2.96. The highest BCUT2D eigenvalue weighted by Crippen LogP contribution is 2.45. The molecular weight excluding hydrogens is 317 g/mol. The minimum atomic E-state index is -0.324. The Morgan fingerprint density at radius 3 is 2.68 bits per heavy atom. The third kappa shape index (κ3) is 3.45. The number of hydrogen-bond donors (Lipinski definition) is 2. The number of anilines is 1. The quantitative estimate of drug-likeness (QED) is 0.731. The highest BCUT2D eigenvalue weighted by atomic mass is 19.1. The Bertz CT molecular complexity index is 900. The van der Waals surface area contributed by atoms with E-state index < -0.39 is 0 Å². The number of carbonyl (C=O) groups is 1.